The van der Waals surface area contributed by atoms with Crippen LogP contribution in [0.1, 0.15) is 18.4 Å². The highest BCUT2D eigenvalue weighted by atomic mass is 35.5. The van der Waals surface area contributed by atoms with Crippen LogP contribution in [0.15, 0.2) is 6.20 Å². The van der Waals surface area contributed by atoms with E-state index in [0.717, 1.165) is 11.5 Å². The number of halogens is 1. The molecule has 5 heteroatoms. The van der Waals surface area contributed by atoms with Gasteiger partial charge in [0.15, 0.2) is 0 Å². The summed E-state index contributed by atoms with van der Waals surface area (Å²) < 4.78 is 7.88. The van der Waals surface area contributed by atoms with Gasteiger partial charge in [-0.1, -0.05) is 19.6 Å². The van der Waals surface area contributed by atoms with Crippen molar-refractivity contribution in [1.82, 2.24) is 9.55 Å². The number of hydrogen-bond acceptors (Lipinski definition) is 2. The maximum Gasteiger partial charge on any atom is 0.123 e. The minimum Gasteiger partial charge on any atom is -0.361 e. The molecule has 0 aromatic carbocycles. The molecule has 1 aromatic heterocycles. The maximum atomic E-state index is 5.87. The lowest BCUT2D eigenvalue weighted by atomic mass is 10.6. The predicted molar refractivity (Wildman–Crippen MR) is 70.4 cm³/mol. The van der Waals surface area contributed by atoms with E-state index in [1.165, 1.54) is 0 Å². The molecule has 0 saturated heterocycles. The van der Waals surface area contributed by atoms with Crippen LogP contribution in [0, 0.1) is 6.92 Å². The first-order valence-electron chi connectivity index (χ1n) is 5.55. The van der Waals surface area contributed by atoms with E-state index in [4.69, 9.17) is 16.3 Å². The molecule has 0 N–H and O–H groups in total. The third-order valence-electron chi connectivity index (χ3n) is 2.85. The molecule has 1 heterocycles. The third kappa shape index (κ3) is 3.61. The normalized spacial score (nSPS) is 14.1. The molecule has 0 aliphatic carbocycles. The van der Waals surface area contributed by atoms with E-state index in [9.17, 15) is 0 Å². The van der Waals surface area contributed by atoms with Gasteiger partial charge < -0.3 is 9.30 Å². The first kappa shape index (κ1) is 13.7. The summed E-state index contributed by atoms with van der Waals surface area (Å²) in [5.74, 6) is 1.41. The Bertz CT molecular complexity index is 346. The monoisotopic (exact) mass is 260 g/mol. The Labute approximate surface area is 104 Å². The highest BCUT2D eigenvalue weighted by molar-refractivity contribution is 6.77. The van der Waals surface area contributed by atoms with Crippen molar-refractivity contribution in [2.24, 2.45) is 0 Å². The molecular formula is C11H21ClN2OSi. The van der Waals surface area contributed by atoms with Crippen LogP contribution in [0.25, 0.3) is 0 Å². The average molecular weight is 261 g/mol. The fourth-order valence-corrected chi connectivity index (χ4v) is 1.91. The third-order valence-corrected chi connectivity index (χ3v) is 5.73. The largest absolute Gasteiger partial charge is 0.361 e. The summed E-state index contributed by atoms with van der Waals surface area (Å²) in [6.45, 7) is 11.6. The Morgan fingerprint density at radius 3 is 2.56 bits per heavy atom. The van der Waals surface area contributed by atoms with Gasteiger partial charge >= 0.3 is 0 Å². The fourth-order valence-electron chi connectivity index (χ4n) is 1.21. The summed E-state index contributed by atoms with van der Waals surface area (Å²) >= 11 is 5.74. The number of ether oxygens (including phenoxy) is 1. The standard InChI is InChI=1S/C11H21ClN2OSi/c1-9-13-11(6-12)7-14(9)8-15-10(2)16(3,4)5/h7,10H,6,8H2,1-5H3. The second-order valence-electron chi connectivity index (χ2n) is 5.19. The van der Waals surface area contributed by atoms with Crippen molar-refractivity contribution in [1.29, 1.82) is 0 Å². The molecule has 16 heavy (non-hydrogen) atoms. The number of alkyl halides is 1. The molecule has 92 valence electrons. The van der Waals surface area contributed by atoms with Crippen LogP contribution in [0.5, 0.6) is 0 Å². The topological polar surface area (TPSA) is 27.1 Å². The van der Waals surface area contributed by atoms with E-state index >= 15 is 0 Å². The summed E-state index contributed by atoms with van der Waals surface area (Å²) in [6, 6.07) is 0. The van der Waals surface area contributed by atoms with E-state index in [1.807, 2.05) is 17.7 Å². The molecule has 0 fully saturated rings. The average Bonchev–Trinajstić information content (AvgIpc) is 2.54. The van der Waals surface area contributed by atoms with E-state index in [0.29, 0.717) is 18.3 Å². The molecule has 0 aliphatic rings. The summed E-state index contributed by atoms with van der Waals surface area (Å²) in [7, 11) is -1.22. The lowest BCUT2D eigenvalue weighted by Crippen LogP contribution is -2.38. The molecular weight excluding hydrogens is 240 g/mol. The van der Waals surface area contributed by atoms with Gasteiger partial charge in [0.05, 0.1) is 19.6 Å². The molecule has 0 spiro atoms. The summed E-state index contributed by atoms with van der Waals surface area (Å²) in [4.78, 5) is 4.33. The van der Waals surface area contributed by atoms with Crippen molar-refractivity contribution in [3.63, 3.8) is 0 Å². The zero-order chi connectivity index (χ0) is 12.3. The van der Waals surface area contributed by atoms with Crippen LogP contribution in [0.3, 0.4) is 0 Å². The SMILES string of the molecule is Cc1nc(CCl)cn1COC(C)[Si](C)(C)C. The number of aromatic nitrogens is 2. The maximum absolute atomic E-state index is 5.87. The van der Waals surface area contributed by atoms with Gasteiger partial charge in [-0.05, 0) is 13.8 Å². The lowest BCUT2D eigenvalue weighted by Gasteiger charge is -2.25. The Morgan fingerprint density at radius 2 is 2.12 bits per heavy atom. The molecule has 0 bridgehead atoms. The zero-order valence-electron chi connectivity index (χ0n) is 10.7. The van der Waals surface area contributed by atoms with Crippen molar-refractivity contribution >= 4 is 19.7 Å². The number of rotatable bonds is 5. The van der Waals surface area contributed by atoms with Gasteiger partial charge in [-0.2, -0.15) is 0 Å². The first-order chi connectivity index (χ1) is 7.34. The molecule has 1 aromatic rings. The van der Waals surface area contributed by atoms with Crippen molar-refractivity contribution in [2.75, 3.05) is 0 Å². The molecule has 1 unspecified atom stereocenters. The molecule has 0 amide bonds. The summed E-state index contributed by atoms with van der Waals surface area (Å²) in [5, 5.41) is 0. The van der Waals surface area contributed by atoms with Gasteiger partial charge in [0, 0.05) is 11.9 Å². The smallest absolute Gasteiger partial charge is 0.123 e. The van der Waals surface area contributed by atoms with E-state index in [2.05, 4.69) is 31.5 Å². The highest BCUT2D eigenvalue weighted by Crippen LogP contribution is 2.12. The predicted octanol–water partition coefficient (Wildman–Crippen LogP) is 3.17. The Kier molecular flexibility index (Phi) is 4.58. The minimum absolute atomic E-state index is 0.341. The Balaban J connectivity index is 2.57. The van der Waals surface area contributed by atoms with Gasteiger partial charge in [-0.3, -0.25) is 0 Å². The minimum atomic E-state index is -1.22. The molecule has 0 aliphatic heterocycles. The molecule has 3 nitrogen and oxygen atoms in total. The van der Waals surface area contributed by atoms with Crippen molar-refractivity contribution < 1.29 is 4.74 Å². The number of hydrogen-bond donors (Lipinski definition) is 0. The molecule has 0 saturated carbocycles. The second-order valence-corrected chi connectivity index (χ2v) is 11.0. The van der Waals surface area contributed by atoms with Gasteiger partial charge in [-0.25, -0.2) is 4.98 Å². The first-order valence-corrected chi connectivity index (χ1v) is 9.66. The van der Waals surface area contributed by atoms with E-state index in [1.54, 1.807) is 0 Å². The van der Waals surface area contributed by atoms with Crippen LogP contribution in [0.4, 0.5) is 0 Å². The Hall–Kier alpha value is -0.323. The number of aryl methyl sites for hydroxylation is 1. The molecule has 0 radical (unpaired) electrons. The molecule has 1 atom stereocenters. The summed E-state index contributed by atoms with van der Waals surface area (Å²) in [5.41, 5.74) is 1.25. The Morgan fingerprint density at radius 1 is 1.50 bits per heavy atom. The van der Waals surface area contributed by atoms with Crippen LogP contribution >= 0.6 is 11.6 Å². The number of nitrogens with zero attached hydrogens (tertiary/aromatic N) is 2. The highest BCUT2D eigenvalue weighted by Gasteiger charge is 2.23. The fraction of sp³-hybridized carbons (Fsp3) is 0.727. The van der Waals surface area contributed by atoms with Crippen LogP contribution in [-0.4, -0.2) is 23.4 Å². The van der Waals surface area contributed by atoms with Crippen molar-refractivity contribution in [3.05, 3.63) is 17.7 Å². The quantitative estimate of drug-likeness (QED) is 0.601. The van der Waals surface area contributed by atoms with Crippen LogP contribution < -0.4 is 0 Å². The van der Waals surface area contributed by atoms with Crippen LogP contribution in [0.2, 0.25) is 19.6 Å². The van der Waals surface area contributed by atoms with Crippen molar-refractivity contribution in [3.8, 4) is 0 Å². The van der Waals surface area contributed by atoms with Gasteiger partial charge in [0.2, 0.25) is 0 Å². The van der Waals surface area contributed by atoms with Crippen LogP contribution in [-0.2, 0) is 17.3 Å². The van der Waals surface area contributed by atoms with Gasteiger partial charge in [-0.15, -0.1) is 11.6 Å². The second kappa shape index (κ2) is 5.34. The van der Waals surface area contributed by atoms with Crippen molar-refractivity contribution in [2.45, 2.75) is 51.8 Å². The molecule has 1 rings (SSSR count). The number of imidazole rings is 1. The lowest BCUT2D eigenvalue weighted by molar-refractivity contribution is 0.0553. The van der Waals surface area contributed by atoms with Gasteiger partial charge in [0.1, 0.15) is 12.6 Å². The van der Waals surface area contributed by atoms with Gasteiger partial charge in [0.25, 0.3) is 0 Å². The zero-order valence-corrected chi connectivity index (χ0v) is 12.5. The summed E-state index contributed by atoms with van der Waals surface area (Å²) in [6.07, 6.45) is 1.96. The van der Waals surface area contributed by atoms with E-state index < -0.39 is 8.07 Å². The van der Waals surface area contributed by atoms with E-state index in [-0.39, 0.29) is 0 Å².